The SMILES string of the molecule is COc1ccccc1CNC(=O)c1c(OC)cc(=O)n2c1CCN(Cc1ccccc1Cl)CC2. The fraction of sp³-hybridized carbons (Fsp3) is 0.308. The van der Waals surface area contributed by atoms with Crippen molar-refractivity contribution in [2.24, 2.45) is 0 Å². The molecule has 4 rings (SSSR count). The predicted octanol–water partition coefficient (Wildman–Crippen LogP) is 3.51. The maximum atomic E-state index is 13.3. The molecule has 3 aromatic rings. The molecule has 7 nitrogen and oxygen atoms in total. The van der Waals surface area contributed by atoms with Crippen LogP contribution in [0.15, 0.2) is 59.4 Å². The summed E-state index contributed by atoms with van der Waals surface area (Å²) in [5, 5.41) is 3.69. The molecule has 0 spiro atoms. The molecule has 1 amide bonds. The molecule has 0 aliphatic carbocycles. The number of carbonyl (C=O) groups is 1. The number of halogens is 1. The van der Waals surface area contributed by atoms with Crippen molar-refractivity contribution >= 4 is 17.5 Å². The molecular weight excluding hydrogens is 454 g/mol. The Hall–Kier alpha value is -3.29. The number of benzene rings is 2. The molecule has 1 aromatic heterocycles. The molecular formula is C26H28ClN3O4. The zero-order valence-corrected chi connectivity index (χ0v) is 20.1. The molecule has 1 aliphatic heterocycles. The lowest BCUT2D eigenvalue weighted by molar-refractivity contribution is 0.0945. The third-order valence-corrected chi connectivity index (χ3v) is 6.49. The molecule has 0 bridgehead atoms. The van der Waals surface area contributed by atoms with Crippen LogP contribution in [0.5, 0.6) is 11.5 Å². The number of nitrogens with one attached hydrogen (secondary N) is 1. The Kier molecular flexibility index (Phi) is 7.55. The van der Waals surface area contributed by atoms with Crippen molar-refractivity contribution in [1.82, 2.24) is 14.8 Å². The van der Waals surface area contributed by atoms with Gasteiger partial charge in [-0.25, -0.2) is 0 Å². The van der Waals surface area contributed by atoms with E-state index < -0.39 is 0 Å². The molecule has 34 heavy (non-hydrogen) atoms. The van der Waals surface area contributed by atoms with Gasteiger partial charge in [0.1, 0.15) is 17.1 Å². The number of amides is 1. The van der Waals surface area contributed by atoms with E-state index in [4.69, 9.17) is 21.1 Å². The highest BCUT2D eigenvalue weighted by Crippen LogP contribution is 2.25. The van der Waals surface area contributed by atoms with Crippen molar-refractivity contribution in [1.29, 1.82) is 0 Å². The van der Waals surface area contributed by atoms with Gasteiger partial charge in [0.05, 0.1) is 14.2 Å². The Balaban J connectivity index is 1.58. The number of aromatic nitrogens is 1. The van der Waals surface area contributed by atoms with Crippen LogP contribution in [0.25, 0.3) is 0 Å². The van der Waals surface area contributed by atoms with Gasteiger partial charge in [0.2, 0.25) is 0 Å². The monoisotopic (exact) mass is 481 g/mol. The molecule has 0 radical (unpaired) electrons. The van der Waals surface area contributed by atoms with E-state index in [1.807, 2.05) is 48.5 Å². The van der Waals surface area contributed by atoms with Crippen molar-refractivity contribution in [3.8, 4) is 11.5 Å². The van der Waals surface area contributed by atoms with Crippen LogP contribution >= 0.6 is 11.6 Å². The highest BCUT2D eigenvalue weighted by Gasteiger charge is 2.25. The van der Waals surface area contributed by atoms with Crippen LogP contribution in [0.1, 0.15) is 27.2 Å². The second-order valence-electron chi connectivity index (χ2n) is 8.14. The van der Waals surface area contributed by atoms with E-state index in [9.17, 15) is 9.59 Å². The number of methoxy groups -OCH3 is 2. The molecule has 0 saturated carbocycles. The van der Waals surface area contributed by atoms with Crippen molar-refractivity contribution in [2.45, 2.75) is 26.1 Å². The summed E-state index contributed by atoms with van der Waals surface area (Å²) in [6.07, 6.45) is 0.536. The van der Waals surface area contributed by atoms with Crippen LogP contribution in [-0.2, 0) is 26.1 Å². The molecule has 1 N–H and O–H groups in total. The number of hydrogen-bond acceptors (Lipinski definition) is 5. The first kappa shape index (κ1) is 23.9. The van der Waals surface area contributed by atoms with E-state index in [-0.39, 0.29) is 17.2 Å². The van der Waals surface area contributed by atoms with Gasteiger partial charge in [0.15, 0.2) is 0 Å². The average molecular weight is 482 g/mol. The van der Waals surface area contributed by atoms with Gasteiger partial charge in [-0.3, -0.25) is 14.5 Å². The molecule has 2 heterocycles. The first-order chi connectivity index (χ1) is 16.5. The molecule has 2 aromatic carbocycles. The number of pyridine rings is 1. The maximum absolute atomic E-state index is 13.3. The van der Waals surface area contributed by atoms with Crippen molar-refractivity contribution in [2.75, 3.05) is 27.3 Å². The van der Waals surface area contributed by atoms with Gasteiger partial charge in [-0.2, -0.15) is 0 Å². The zero-order chi connectivity index (χ0) is 24.1. The normalized spacial score (nSPS) is 13.6. The molecule has 8 heteroatoms. The number of fused-ring (bicyclic) bond motifs is 1. The van der Waals surface area contributed by atoms with Crippen molar-refractivity contribution in [3.63, 3.8) is 0 Å². The van der Waals surface area contributed by atoms with Crippen LogP contribution in [0.4, 0.5) is 0 Å². The average Bonchev–Trinajstić information content (AvgIpc) is 3.07. The number of ether oxygens (including phenoxy) is 2. The molecule has 0 unspecified atom stereocenters. The number of rotatable bonds is 7. The summed E-state index contributed by atoms with van der Waals surface area (Å²) in [5.74, 6) is 0.701. The summed E-state index contributed by atoms with van der Waals surface area (Å²) in [7, 11) is 3.07. The quantitative estimate of drug-likeness (QED) is 0.559. The fourth-order valence-electron chi connectivity index (χ4n) is 4.34. The standard InChI is InChI=1S/C26H28ClN3O4/c1-33-22-10-6-4-7-18(22)16-28-26(32)25-21-11-12-29(17-19-8-3-5-9-20(19)27)13-14-30(21)24(31)15-23(25)34-2/h3-10,15H,11-14,16-17H2,1-2H3,(H,28,32). The lowest BCUT2D eigenvalue weighted by Gasteiger charge is -2.20. The second-order valence-corrected chi connectivity index (χ2v) is 8.54. The van der Waals surface area contributed by atoms with Gasteiger partial charge in [-0.1, -0.05) is 48.0 Å². The van der Waals surface area contributed by atoms with Crippen LogP contribution in [0, 0.1) is 0 Å². The highest BCUT2D eigenvalue weighted by molar-refractivity contribution is 6.31. The summed E-state index contributed by atoms with van der Waals surface area (Å²) >= 11 is 6.35. The number of carbonyl (C=O) groups excluding carboxylic acids is 1. The highest BCUT2D eigenvalue weighted by atomic mass is 35.5. The summed E-state index contributed by atoms with van der Waals surface area (Å²) in [6.45, 7) is 2.81. The van der Waals surface area contributed by atoms with Crippen LogP contribution < -0.4 is 20.3 Å². The molecule has 1 aliphatic rings. The Labute approximate surface area is 203 Å². The largest absolute Gasteiger partial charge is 0.496 e. The third-order valence-electron chi connectivity index (χ3n) is 6.12. The molecule has 0 atom stereocenters. The van der Waals surface area contributed by atoms with Gasteiger partial charge >= 0.3 is 0 Å². The minimum absolute atomic E-state index is 0.173. The van der Waals surface area contributed by atoms with E-state index in [1.54, 1.807) is 11.7 Å². The van der Waals surface area contributed by atoms with Crippen LogP contribution in [0.2, 0.25) is 5.02 Å². The molecule has 178 valence electrons. The van der Waals surface area contributed by atoms with E-state index >= 15 is 0 Å². The van der Waals surface area contributed by atoms with E-state index in [0.29, 0.717) is 56.2 Å². The smallest absolute Gasteiger partial charge is 0.257 e. The minimum Gasteiger partial charge on any atom is -0.496 e. The van der Waals surface area contributed by atoms with Gasteiger partial charge in [-0.15, -0.1) is 0 Å². The van der Waals surface area contributed by atoms with Gasteiger partial charge < -0.3 is 19.4 Å². The Morgan fingerprint density at radius 1 is 0.971 bits per heavy atom. The fourth-order valence-corrected chi connectivity index (χ4v) is 4.53. The molecule has 0 fully saturated rings. The maximum Gasteiger partial charge on any atom is 0.257 e. The topological polar surface area (TPSA) is 72.8 Å². The molecule has 0 saturated heterocycles. The summed E-state index contributed by atoms with van der Waals surface area (Å²) < 4.78 is 12.5. The predicted molar refractivity (Wildman–Crippen MR) is 132 cm³/mol. The van der Waals surface area contributed by atoms with Gasteiger partial charge in [-0.05, 0) is 17.7 Å². The van der Waals surface area contributed by atoms with Crippen LogP contribution in [-0.4, -0.2) is 42.7 Å². The first-order valence-electron chi connectivity index (χ1n) is 11.2. The van der Waals surface area contributed by atoms with Crippen molar-refractivity contribution in [3.05, 3.63) is 92.4 Å². The second kappa shape index (κ2) is 10.8. The number of hydrogen-bond donors (Lipinski definition) is 1. The lowest BCUT2D eigenvalue weighted by Crippen LogP contribution is -2.31. The summed E-state index contributed by atoms with van der Waals surface area (Å²) in [5.41, 5.74) is 2.81. The van der Waals surface area contributed by atoms with E-state index in [1.165, 1.54) is 13.2 Å². The van der Waals surface area contributed by atoms with Gasteiger partial charge in [0, 0.05) is 61.5 Å². The van der Waals surface area contributed by atoms with E-state index in [0.717, 1.165) is 16.1 Å². The van der Waals surface area contributed by atoms with Gasteiger partial charge in [0.25, 0.3) is 11.5 Å². The first-order valence-corrected chi connectivity index (χ1v) is 11.6. The van der Waals surface area contributed by atoms with E-state index in [2.05, 4.69) is 10.2 Å². The Morgan fingerprint density at radius 3 is 2.41 bits per heavy atom. The van der Waals surface area contributed by atoms with Crippen molar-refractivity contribution < 1.29 is 14.3 Å². The lowest BCUT2D eigenvalue weighted by atomic mass is 10.1. The minimum atomic E-state index is -0.286. The third kappa shape index (κ3) is 5.11. The Bertz CT molecular complexity index is 1240. The van der Waals surface area contributed by atoms with Crippen LogP contribution in [0.3, 0.4) is 0 Å². The summed E-state index contributed by atoms with van der Waals surface area (Å²) in [4.78, 5) is 28.4. The number of para-hydroxylation sites is 1. The zero-order valence-electron chi connectivity index (χ0n) is 19.3. The Morgan fingerprint density at radius 2 is 1.68 bits per heavy atom. The summed E-state index contributed by atoms with van der Waals surface area (Å²) in [6, 6.07) is 16.7. The number of nitrogens with zero attached hydrogens (tertiary/aromatic N) is 2.